The maximum atomic E-state index is 12.5. The molecule has 0 amide bonds. The monoisotopic (exact) mass is 311 g/mol. The summed E-state index contributed by atoms with van der Waals surface area (Å²) in [5.41, 5.74) is 9.01. The van der Waals surface area contributed by atoms with Crippen LogP contribution in [-0.2, 0) is 30.0 Å². The Balaban J connectivity index is 2.33. The number of nitrogen functional groups attached to an aromatic ring is 1. The summed E-state index contributed by atoms with van der Waals surface area (Å²) in [5.74, 6) is 0.340. The first-order valence-corrected chi connectivity index (χ1v) is 8.09. The second-order valence-electron chi connectivity index (χ2n) is 4.64. The SMILES string of the molecule is CCc1nn(C)c(CS(=O)c2cccc(N)c2C)c1Cl. The molecule has 0 aliphatic heterocycles. The van der Waals surface area contributed by atoms with E-state index in [2.05, 4.69) is 5.10 Å². The smallest absolute Gasteiger partial charge is 0.0859 e. The topological polar surface area (TPSA) is 60.9 Å². The first-order chi connectivity index (χ1) is 9.45. The average Bonchev–Trinajstić information content (AvgIpc) is 2.69. The molecule has 0 spiro atoms. The third kappa shape index (κ3) is 2.74. The molecular weight excluding hydrogens is 294 g/mol. The number of nitrogens with two attached hydrogens (primary N) is 1. The van der Waals surface area contributed by atoms with Crippen molar-refractivity contribution in [1.29, 1.82) is 0 Å². The predicted molar refractivity (Wildman–Crippen MR) is 83.3 cm³/mol. The van der Waals surface area contributed by atoms with Gasteiger partial charge < -0.3 is 5.73 Å². The lowest BCUT2D eigenvalue weighted by Crippen LogP contribution is -2.05. The Hall–Kier alpha value is -1.33. The van der Waals surface area contributed by atoms with Crippen LogP contribution in [0.2, 0.25) is 5.02 Å². The van der Waals surface area contributed by atoms with Crippen LogP contribution in [0.5, 0.6) is 0 Å². The first kappa shape index (κ1) is 15.1. The third-order valence-electron chi connectivity index (χ3n) is 3.34. The van der Waals surface area contributed by atoms with Gasteiger partial charge in [-0.1, -0.05) is 24.6 Å². The van der Waals surface area contributed by atoms with Crippen LogP contribution >= 0.6 is 11.6 Å². The van der Waals surface area contributed by atoms with Gasteiger partial charge in [-0.15, -0.1) is 0 Å². The van der Waals surface area contributed by atoms with Crippen molar-refractivity contribution in [1.82, 2.24) is 9.78 Å². The van der Waals surface area contributed by atoms with Crippen LogP contribution in [0.15, 0.2) is 23.1 Å². The van der Waals surface area contributed by atoms with Crippen LogP contribution in [-0.4, -0.2) is 14.0 Å². The predicted octanol–water partition coefficient (Wildman–Crippen LogP) is 2.83. The van der Waals surface area contributed by atoms with Gasteiger partial charge in [-0.2, -0.15) is 5.10 Å². The van der Waals surface area contributed by atoms with E-state index in [0.29, 0.717) is 16.5 Å². The average molecular weight is 312 g/mol. The number of hydrogen-bond donors (Lipinski definition) is 1. The van der Waals surface area contributed by atoms with Gasteiger partial charge in [0.2, 0.25) is 0 Å². The molecule has 2 rings (SSSR count). The third-order valence-corrected chi connectivity index (χ3v) is 5.25. The van der Waals surface area contributed by atoms with E-state index < -0.39 is 10.8 Å². The van der Waals surface area contributed by atoms with Gasteiger partial charge in [0.15, 0.2) is 0 Å². The van der Waals surface area contributed by atoms with Crippen LogP contribution in [0.1, 0.15) is 23.9 Å². The van der Waals surface area contributed by atoms with Gasteiger partial charge in [0.05, 0.1) is 33.0 Å². The van der Waals surface area contributed by atoms with E-state index >= 15 is 0 Å². The molecule has 0 radical (unpaired) electrons. The molecule has 0 bridgehead atoms. The summed E-state index contributed by atoms with van der Waals surface area (Å²) >= 11 is 6.29. The lowest BCUT2D eigenvalue weighted by molar-refractivity contribution is 0.675. The Labute approximate surface area is 126 Å². The Morgan fingerprint density at radius 3 is 2.75 bits per heavy atom. The largest absolute Gasteiger partial charge is 0.398 e. The van der Waals surface area contributed by atoms with Gasteiger partial charge in [-0.25, -0.2) is 0 Å². The van der Waals surface area contributed by atoms with Gasteiger partial charge >= 0.3 is 0 Å². The van der Waals surface area contributed by atoms with E-state index in [-0.39, 0.29) is 0 Å². The summed E-state index contributed by atoms with van der Waals surface area (Å²) < 4.78 is 14.3. The summed E-state index contributed by atoms with van der Waals surface area (Å²) in [4.78, 5) is 0.750. The normalized spacial score (nSPS) is 12.6. The second-order valence-corrected chi connectivity index (χ2v) is 6.44. The van der Waals surface area contributed by atoms with E-state index in [1.54, 1.807) is 4.68 Å². The van der Waals surface area contributed by atoms with Crippen molar-refractivity contribution in [3.8, 4) is 0 Å². The minimum absolute atomic E-state index is 0.340. The molecule has 0 saturated heterocycles. The Morgan fingerprint density at radius 2 is 2.15 bits per heavy atom. The maximum Gasteiger partial charge on any atom is 0.0859 e. The molecule has 0 aliphatic carbocycles. The van der Waals surface area contributed by atoms with E-state index in [1.807, 2.05) is 39.1 Å². The highest BCUT2D eigenvalue weighted by atomic mass is 35.5. The van der Waals surface area contributed by atoms with E-state index in [4.69, 9.17) is 17.3 Å². The molecule has 1 aromatic carbocycles. The van der Waals surface area contributed by atoms with E-state index in [9.17, 15) is 4.21 Å². The molecule has 108 valence electrons. The molecule has 0 aliphatic rings. The molecule has 1 aromatic heterocycles. The summed E-state index contributed by atoms with van der Waals surface area (Å²) in [5, 5.41) is 4.96. The van der Waals surface area contributed by atoms with Crippen LogP contribution in [0.4, 0.5) is 5.69 Å². The van der Waals surface area contributed by atoms with Crippen LogP contribution in [0.3, 0.4) is 0 Å². The number of aromatic nitrogens is 2. The Kier molecular flexibility index (Phi) is 4.50. The van der Waals surface area contributed by atoms with E-state index in [0.717, 1.165) is 28.3 Å². The van der Waals surface area contributed by atoms with Crippen molar-refractivity contribution in [2.45, 2.75) is 30.9 Å². The van der Waals surface area contributed by atoms with Crippen molar-refractivity contribution in [3.63, 3.8) is 0 Å². The standard InChI is InChI=1S/C14H18ClN3OS/c1-4-11-14(15)12(18(3)17-11)8-20(19)13-7-5-6-10(16)9(13)2/h5-7H,4,8,16H2,1-3H3. The zero-order chi connectivity index (χ0) is 14.9. The highest BCUT2D eigenvalue weighted by Gasteiger charge is 2.17. The number of anilines is 1. The number of rotatable bonds is 4. The first-order valence-electron chi connectivity index (χ1n) is 6.39. The maximum absolute atomic E-state index is 12.5. The highest BCUT2D eigenvalue weighted by Crippen LogP contribution is 2.26. The van der Waals surface area contributed by atoms with Crippen LogP contribution in [0.25, 0.3) is 0 Å². The zero-order valence-corrected chi connectivity index (χ0v) is 13.4. The van der Waals surface area contributed by atoms with Gasteiger partial charge in [-0.3, -0.25) is 8.89 Å². The van der Waals surface area contributed by atoms with Crippen LogP contribution in [0, 0.1) is 6.92 Å². The molecule has 1 atom stereocenters. The van der Waals surface area contributed by atoms with Gasteiger partial charge in [0.25, 0.3) is 0 Å². The van der Waals surface area contributed by atoms with Gasteiger partial charge in [-0.05, 0) is 31.0 Å². The lowest BCUT2D eigenvalue weighted by Gasteiger charge is -2.08. The Bertz CT molecular complexity index is 667. The number of aryl methyl sites for hydroxylation is 2. The number of hydrogen-bond acceptors (Lipinski definition) is 3. The molecule has 2 N–H and O–H groups in total. The van der Waals surface area contributed by atoms with Crippen molar-refractivity contribution in [2.24, 2.45) is 7.05 Å². The van der Waals surface area contributed by atoms with Gasteiger partial charge in [0, 0.05) is 17.6 Å². The van der Waals surface area contributed by atoms with Crippen molar-refractivity contribution in [3.05, 3.63) is 40.2 Å². The zero-order valence-electron chi connectivity index (χ0n) is 11.8. The van der Waals surface area contributed by atoms with E-state index in [1.165, 1.54) is 0 Å². The molecule has 0 saturated carbocycles. The van der Waals surface area contributed by atoms with Gasteiger partial charge in [0.1, 0.15) is 0 Å². The quantitative estimate of drug-likeness (QED) is 0.883. The summed E-state index contributed by atoms with van der Waals surface area (Å²) in [7, 11) is 0.632. The Morgan fingerprint density at radius 1 is 1.45 bits per heavy atom. The molecule has 4 nitrogen and oxygen atoms in total. The minimum Gasteiger partial charge on any atom is -0.398 e. The number of benzene rings is 1. The molecule has 2 aromatic rings. The molecule has 1 heterocycles. The number of halogens is 1. The molecule has 6 heteroatoms. The van der Waals surface area contributed by atoms with Crippen molar-refractivity contribution >= 4 is 28.1 Å². The van der Waals surface area contributed by atoms with Crippen LogP contribution < -0.4 is 5.73 Å². The molecule has 20 heavy (non-hydrogen) atoms. The fourth-order valence-corrected chi connectivity index (χ4v) is 3.92. The van der Waals surface area contributed by atoms with Crippen molar-refractivity contribution in [2.75, 3.05) is 5.73 Å². The highest BCUT2D eigenvalue weighted by molar-refractivity contribution is 7.84. The summed E-state index contributed by atoms with van der Waals surface area (Å²) in [6, 6.07) is 5.47. The molecular formula is C14H18ClN3OS. The summed E-state index contributed by atoms with van der Waals surface area (Å²) in [6.07, 6.45) is 0.761. The fraction of sp³-hybridized carbons (Fsp3) is 0.357. The minimum atomic E-state index is -1.19. The van der Waals surface area contributed by atoms with Crippen molar-refractivity contribution < 1.29 is 4.21 Å². The fourth-order valence-electron chi connectivity index (χ4n) is 2.06. The molecule has 1 unspecified atom stereocenters. The lowest BCUT2D eigenvalue weighted by atomic mass is 10.2. The number of nitrogens with zero attached hydrogens (tertiary/aromatic N) is 2. The summed E-state index contributed by atoms with van der Waals surface area (Å²) in [6.45, 7) is 3.88. The second kappa shape index (κ2) is 5.97. The molecule has 0 fully saturated rings.